The Morgan fingerprint density at radius 3 is 2.62 bits per heavy atom. The van der Waals surface area contributed by atoms with Crippen molar-refractivity contribution < 1.29 is 14.3 Å². The summed E-state index contributed by atoms with van der Waals surface area (Å²) in [4.78, 5) is 32.1. The SMILES string of the molecule is CN(C[C@@H]1COc2ccccc2O1)C(=O)CN1CCC(n2c(=O)[nH]c3ccccc32)CC1. The Balaban J connectivity index is 1.14. The van der Waals surface area contributed by atoms with E-state index in [2.05, 4.69) is 9.88 Å². The molecule has 1 fully saturated rings. The number of rotatable bonds is 5. The molecule has 0 unspecified atom stereocenters. The van der Waals surface area contributed by atoms with Crippen molar-refractivity contribution in [3.05, 3.63) is 59.0 Å². The highest BCUT2D eigenvalue weighted by atomic mass is 16.6. The number of para-hydroxylation sites is 4. The predicted molar refractivity (Wildman–Crippen MR) is 121 cm³/mol. The number of amides is 1. The highest BCUT2D eigenvalue weighted by molar-refractivity contribution is 5.78. The number of piperidine rings is 1. The first-order valence-corrected chi connectivity index (χ1v) is 11.1. The van der Waals surface area contributed by atoms with Crippen LogP contribution in [0.15, 0.2) is 53.3 Å². The summed E-state index contributed by atoms with van der Waals surface area (Å²) >= 11 is 0. The summed E-state index contributed by atoms with van der Waals surface area (Å²) in [5.41, 5.74) is 1.76. The molecule has 32 heavy (non-hydrogen) atoms. The van der Waals surface area contributed by atoms with Crippen molar-refractivity contribution in [1.82, 2.24) is 19.4 Å². The van der Waals surface area contributed by atoms with Crippen LogP contribution in [0.4, 0.5) is 0 Å². The molecular weight excluding hydrogens is 408 g/mol. The molecule has 0 saturated carbocycles. The molecule has 1 saturated heterocycles. The van der Waals surface area contributed by atoms with Crippen molar-refractivity contribution in [3.8, 4) is 11.5 Å². The fourth-order valence-corrected chi connectivity index (χ4v) is 4.64. The maximum atomic E-state index is 12.8. The highest BCUT2D eigenvalue weighted by Gasteiger charge is 2.27. The fourth-order valence-electron chi connectivity index (χ4n) is 4.64. The van der Waals surface area contributed by atoms with Gasteiger partial charge in [0.15, 0.2) is 17.6 Å². The molecule has 168 valence electrons. The minimum Gasteiger partial charge on any atom is -0.486 e. The van der Waals surface area contributed by atoms with Gasteiger partial charge >= 0.3 is 5.69 Å². The van der Waals surface area contributed by atoms with E-state index in [0.717, 1.165) is 48.5 Å². The largest absolute Gasteiger partial charge is 0.486 e. The number of carbonyl (C=O) groups excluding carboxylic acids is 1. The molecule has 2 aromatic carbocycles. The number of carbonyl (C=O) groups is 1. The third-order valence-electron chi connectivity index (χ3n) is 6.38. The second-order valence-electron chi connectivity index (χ2n) is 8.60. The molecule has 8 nitrogen and oxygen atoms in total. The Bertz CT molecular complexity index is 1160. The van der Waals surface area contributed by atoms with Crippen molar-refractivity contribution >= 4 is 16.9 Å². The Hall–Kier alpha value is -3.26. The van der Waals surface area contributed by atoms with E-state index in [1.165, 1.54) is 0 Å². The van der Waals surface area contributed by atoms with Crippen molar-refractivity contribution in [3.63, 3.8) is 0 Å². The summed E-state index contributed by atoms with van der Waals surface area (Å²) < 4.78 is 13.6. The third-order valence-corrected chi connectivity index (χ3v) is 6.38. The van der Waals surface area contributed by atoms with Crippen molar-refractivity contribution in [2.24, 2.45) is 0 Å². The van der Waals surface area contributed by atoms with E-state index < -0.39 is 0 Å². The Labute approximate surface area is 186 Å². The number of hydrogen-bond acceptors (Lipinski definition) is 5. The first-order chi connectivity index (χ1) is 15.6. The number of aromatic nitrogens is 2. The van der Waals surface area contributed by atoms with Gasteiger partial charge in [-0.3, -0.25) is 14.3 Å². The maximum Gasteiger partial charge on any atom is 0.326 e. The molecule has 2 aliphatic heterocycles. The van der Waals surface area contributed by atoms with E-state index in [1.807, 2.05) is 60.1 Å². The molecule has 0 radical (unpaired) electrons. The number of hydrogen-bond donors (Lipinski definition) is 1. The summed E-state index contributed by atoms with van der Waals surface area (Å²) in [7, 11) is 1.81. The maximum absolute atomic E-state index is 12.8. The minimum absolute atomic E-state index is 0.0586. The Kier molecular flexibility index (Phi) is 5.61. The number of aromatic amines is 1. The molecule has 2 aliphatic rings. The fraction of sp³-hybridized carbons (Fsp3) is 0.417. The monoisotopic (exact) mass is 436 g/mol. The smallest absolute Gasteiger partial charge is 0.326 e. The number of nitrogens with zero attached hydrogens (tertiary/aromatic N) is 3. The van der Waals surface area contributed by atoms with Crippen LogP contribution in [-0.4, -0.2) is 71.2 Å². The Morgan fingerprint density at radius 2 is 1.81 bits per heavy atom. The lowest BCUT2D eigenvalue weighted by atomic mass is 10.0. The molecule has 1 N–H and O–H groups in total. The van der Waals surface area contributed by atoms with Crippen LogP contribution in [0.2, 0.25) is 0 Å². The minimum atomic E-state index is -0.182. The van der Waals surface area contributed by atoms with Gasteiger partial charge in [-0.2, -0.15) is 0 Å². The summed E-state index contributed by atoms with van der Waals surface area (Å²) in [6.07, 6.45) is 1.50. The third kappa shape index (κ3) is 4.10. The van der Waals surface area contributed by atoms with Gasteiger partial charge in [0.05, 0.1) is 24.1 Å². The number of likely N-dealkylation sites (N-methyl/N-ethyl adjacent to an activating group) is 1. The highest BCUT2D eigenvalue weighted by Crippen LogP contribution is 2.31. The Morgan fingerprint density at radius 1 is 1.09 bits per heavy atom. The molecule has 8 heteroatoms. The van der Waals surface area contributed by atoms with E-state index in [4.69, 9.17) is 9.47 Å². The summed E-state index contributed by atoms with van der Waals surface area (Å²) in [5, 5.41) is 0. The average molecular weight is 437 g/mol. The molecule has 0 aliphatic carbocycles. The lowest BCUT2D eigenvalue weighted by Crippen LogP contribution is -2.47. The zero-order chi connectivity index (χ0) is 22.1. The van der Waals surface area contributed by atoms with E-state index >= 15 is 0 Å². The molecule has 1 aromatic heterocycles. The van der Waals surface area contributed by atoms with Crippen molar-refractivity contribution in [2.75, 3.05) is 39.8 Å². The van der Waals surface area contributed by atoms with Gasteiger partial charge in [-0.25, -0.2) is 4.79 Å². The number of ether oxygens (including phenoxy) is 2. The van der Waals surface area contributed by atoms with Crippen LogP contribution in [0.5, 0.6) is 11.5 Å². The number of imidazole rings is 1. The first kappa shape index (κ1) is 20.6. The normalized spacial score (nSPS) is 19.2. The van der Waals surface area contributed by atoms with Crippen molar-refractivity contribution in [2.45, 2.75) is 25.0 Å². The van der Waals surface area contributed by atoms with Crippen LogP contribution < -0.4 is 15.2 Å². The molecule has 0 spiro atoms. The van der Waals surface area contributed by atoms with Gasteiger partial charge in [0.2, 0.25) is 5.91 Å². The van der Waals surface area contributed by atoms with Crippen LogP contribution in [0.3, 0.4) is 0 Å². The predicted octanol–water partition coefficient (Wildman–Crippen LogP) is 2.26. The molecule has 0 bridgehead atoms. The quantitative estimate of drug-likeness (QED) is 0.664. The van der Waals surface area contributed by atoms with E-state index in [9.17, 15) is 9.59 Å². The van der Waals surface area contributed by atoms with Gasteiger partial charge < -0.3 is 19.4 Å². The van der Waals surface area contributed by atoms with Gasteiger partial charge in [0.1, 0.15) is 6.61 Å². The molecule has 1 atom stereocenters. The molecule has 1 amide bonds. The summed E-state index contributed by atoms with van der Waals surface area (Å²) in [6.45, 7) is 2.85. The zero-order valence-electron chi connectivity index (χ0n) is 18.2. The van der Waals surface area contributed by atoms with E-state index in [-0.39, 0.29) is 23.7 Å². The van der Waals surface area contributed by atoms with Crippen LogP contribution >= 0.6 is 0 Å². The first-order valence-electron chi connectivity index (χ1n) is 11.1. The average Bonchev–Trinajstić information content (AvgIpc) is 3.15. The van der Waals surface area contributed by atoms with Gasteiger partial charge in [-0.1, -0.05) is 24.3 Å². The van der Waals surface area contributed by atoms with Crippen LogP contribution in [-0.2, 0) is 4.79 Å². The number of fused-ring (bicyclic) bond motifs is 2. The molecule has 5 rings (SSSR count). The molecule has 3 aromatic rings. The number of H-pyrrole nitrogens is 1. The van der Waals surface area contributed by atoms with Gasteiger partial charge in [-0.05, 0) is 37.1 Å². The lowest BCUT2D eigenvalue weighted by molar-refractivity contribution is -0.132. The van der Waals surface area contributed by atoms with E-state index in [0.29, 0.717) is 19.7 Å². The van der Waals surface area contributed by atoms with Crippen molar-refractivity contribution in [1.29, 1.82) is 0 Å². The standard InChI is InChI=1S/C24H28N4O4/c1-26(14-18-16-31-21-8-4-5-9-22(21)32-18)23(29)15-27-12-10-17(11-13-27)28-20-7-3-2-6-19(20)25-24(28)30/h2-9,17-18H,10-16H2,1H3,(H,25,30)/t18-/m1/s1. The topological polar surface area (TPSA) is 79.8 Å². The number of benzene rings is 2. The van der Waals surface area contributed by atoms with Crippen LogP contribution in [0, 0.1) is 0 Å². The van der Waals surface area contributed by atoms with Crippen LogP contribution in [0.25, 0.3) is 11.0 Å². The lowest BCUT2D eigenvalue weighted by Gasteiger charge is -2.34. The van der Waals surface area contributed by atoms with Crippen LogP contribution in [0.1, 0.15) is 18.9 Å². The summed E-state index contributed by atoms with van der Waals surface area (Å²) in [5.74, 6) is 1.53. The molecule has 3 heterocycles. The zero-order valence-corrected chi connectivity index (χ0v) is 18.2. The number of likely N-dealkylation sites (tertiary alicyclic amines) is 1. The van der Waals surface area contributed by atoms with E-state index in [1.54, 1.807) is 4.90 Å². The number of nitrogens with one attached hydrogen (secondary N) is 1. The van der Waals surface area contributed by atoms with Gasteiger partial charge in [0, 0.05) is 26.2 Å². The van der Waals surface area contributed by atoms with Gasteiger partial charge in [0.25, 0.3) is 0 Å². The van der Waals surface area contributed by atoms with Gasteiger partial charge in [-0.15, -0.1) is 0 Å². The second kappa shape index (κ2) is 8.70. The summed E-state index contributed by atoms with van der Waals surface area (Å²) in [6, 6.07) is 15.5. The second-order valence-corrected chi connectivity index (χ2v) is 8.60. The molecular formula is C24H28N4O4.